The van der Waals surface area contributed by atoms with E-state index in [1.807, 2.05) is 0 Å². The van der Waals surface area contributed by atoms with Crippen molar-refractivity contribution in [3.8, 4) is 0 Å². The first-order chi connectivity index (χ1) is 52.3. The Morgan fingerprint density at radius 2 is 0.468 bits per heavy atom. The molecular formula is C64H108N2O45. The van der Waals surface area contributed by atoms with Crippen LogP contribution in [0.25, 0.3) is 0 Å². The van der Waals surface area contributed by atoms with E-state index in [0.717, 1.165) is 13.8 Å². The van der Waals surface area contributed by atoms with Crippen LogP contribution in [0.1, 0.15) is 55.4 Å². The molecule has 10 saturated heterocycles. The first kappa shape index (κ1) is 90.5. The number of nitrogens with one attached hydrogen (secondary N) is 2. The van der Waals surface area contributed by atoms with Gasteiger partial charge in [0.25, 0.3) is 0 Å². The Morgan fingerprint density at radius 3 is 0.820 bits per heavy atom. The lowest BCUT2D eigenvalue weighted by atomic mass is 9.94. The summed E-state index contributed by atoms with van der Waals surface area (Å²) in [5.41, 5.74) is 0. The molecule has 10 aliphatic heterocycles. The van der Waals surface area contributed by atoms with Gasteiger partial charge in [-0.2, -0.15) is 0 Å². The summed E-state index contributed by atoms with van der Waals surface area (Å²) in [6, 6.07) is -3.77. The standard InChI is InChI=1S/C64H108N2O45/c1-13-28(74)38(84)51(55(92)93-13)108-59-43(89)48(30(76)16(4)95-59)105-56-26(66-20(8)72)47(36(82)24(12-70)99-56)104-64-54(41(87)34(80)22(10-68)102-64)111-62-52(39(85)29(75)15(3)98-62)109-60-44(90)49(31(77)17(5)96-60)106-57-25(65-19(7)71)46(35(81)23(11-69)100-57)103-63-53(40(86)33(79)21(9-67)101-63)110-61-45(91)50(32(78)18(6)97-61)107-58-42(88)37(83)27(73)14(2)94-58/h13-18,21-64,67-70,73-92H,9-12H2,1-8H3,(H,65,71)(H,66,72)/t13-,14-,15-,16-,17-,18-,21+,22+,23+,24+,25+,26+,27-,28-,29-,30-,31-,32-,33-,34-,35+,36+,37+,38+,39+,40-,41-,42+,43+,44+,45+,46+,47+,48+,49+,50+,51+,52+,53+,54+,55+,56+,57+,58-,59-,60-,61-,62-,63+,64+/m0/s1. The summed E-state index contributed by atoms with van der Waals surface area (Å²) < 4.78 is 113. The van der Waals surface area contributed by atoms with Crippen molar-refractivity contribution in [1.29, 1.82) is 0 Å². The number of aliphatic hydroxyl groups is 24. The molecular weight excluding hydrogens is 1520 g/mol. The van der Waals surface area contributed by atoms with Crippen molar-refractivity contribution in [1.82, 2.24) is 10.6 Å². The number of ether oxygens (including phenoxy) is 19. The maximum atomic E-state index is 13.2. The number of carbonyl (C=O) groups excluding carboxylic acids is 2. The van der Waals surface area contributed by atoms with Crippen molar-refractivity contribution in [3.05, 3.63) is 0 Å². The van der Waals surface area contributed by atoms with Crippen LogP contribution in [0, 0.1) is 0 Å². The molecule has 10 heterocycles. The summed E-state index contributed by atoms with van der Waals surface area (Å²) in [5, 5.41) is 274. The van der Waals surface area contributed by atoms with E-state index in [4.69, 9.17) is 90.0 Å². The second kappa shape index (κ2) is 38.1. The Balaban J connectivity index is 0.890. The minimum Gasteiger partial charge on any atom is -0.394 e. The van der Waals surface area contributed by atoms with Crippen LogP contribution in [0.15, 0.2) is 0 Å². The summed E-state index contributed by atoms with van der Waals surface area (Å²) >= 11 is 0. The van der Waals surface area contributed by atoms with Gasteiger partial charge in [0.15, 0.2) is 62.9 Å². The molecule has 0 unspecified atom stereocenters. The Kier molecular flexibility index (Phi) is 31.1. The first-order valence-electron chi connectivity index (χ1n) is 36.3. The number of hydrogen-bond donors (Lipinski definition) is 26. The third-order valence-electron chi connectivity index (χ3n) is 21.5. The van der Waals surface area contributed by atoms with Crippen LogP contribution in [-0.4, -0.2) is 468 Å². The van der Waals surface area contributed by atoms with E-state index in [0.29, 0.717) is 0 Å². The van der Waals surface area contributed by atoms with Gasteiger partial charge in [0, 0.05) is 13.8 Å². The first-order valence-corrected chi connectivity index (χ1v) is 36.3. The molecule has 0 aliphatic carbocycles. The molecule has 644 valence electrons. The summed E-state index contributed by atoms with van der Waals surface area (Å²) in [5.74, 6) is -1.84. The molecule has 0 spiro atoms. The maximum absolute atomic E-state index is 13.2. The lowest BCUT2D eigenvalue weighted by Gasteiger charge is -2.51. The van der Waals surface area contributed by atoms with E-state index in [-0.39, 0.29) is 0 Å². The second-order valence-corrected chi connectivity index (χ2v) is 29.4. The van der Waals surface area contributed by atoms with Crippen molar-refractivity contribution in [2.45, 2.75) is 362 Å². The van der Waals surface area contributed by atoms with Crippen molar-refractivity contribution < 1.29 is 222 Å². The van der Waals surface area contributed by atoms with Gasteiger partial charge in [-0.1, -0.05) is 0 Å². The van der Waals surface area contributed by atoms with Gasteiger partial charge in [0.05, 0.1) is 63.1 Å². The average molecular weight is 1630 g/mol. The molecule has 47 heteroatoms. The van der Waals surface area contributed by atoms with E-state index in [9.17, 15) is 132 Å². The SMILES string of the molecule is CC(=O)N[C@H]1[C@@H](O[C@@H]2[C@@H](O)[C@H](C)O[C@@H](O[C@H]3[C@H](O[C@H]4[C@@H](O[C@H]5[C@H](O)[C@@H](CO)O[C@H](O[C@@H]6[C@@H](O)[C@H](C)O[C@@H](O[C@@H]7[C@H](O)[C@@H](O)[C@H](C)O[C@H]7O)[C@@H]6O)[C@@H]5NC(C)=O)O[C@H](CO)[C@H](O)[C@@H]4O)O[C@@H](C)[C@H](O)[C@H]3O)[C@@H]2O)O[C@H](CO)[C@@H](O)[C@@H]1O[C@H]1O[C@H](CO)[C@H](O)[C@H](O)[C@H]1O[C@@H]1O[C@@H](C)[C@H](O)[C@@H](O[C@@H]2O[C@@H](C)[C@H](O)[C@@H](O)[C@H]2O)[C@H]1O. The van der Waals surface area contributed by atoms with Crippen LogP contribution in [0.3, 0.4) is 0 Å². The van der Waals surface area contributed by atoms with Crippen molar-refractivity contribution in [3.63, 3.8) is 0 Å². The number of carbonyl (C=O) groups is 2. The van der Waals surface area contributed by atoms with Gasteiger partial charge in [0.1, 0.15) is 207 Å². The highest BCUT2D eigenvalue weighted by Crippen LogP contribution is 2.41. The zero-order valence-corrected chi connectivity index (χ0v) is 61.0. The molecule has 111 heavy (non-hydrogen) atoms. The molecule has 50 atom stereocenters. The van der Waals surface area contributed by atoms with Crippen LogP contribution in [-0.2, 0) is 99.6 Å². The van der Waals surface area contributed by atoms with Crippen LogP contribution in [0.4, 0.5) is 0 Å². The zero-order valence-electron chi connectivity index (χ0n) is 61.0. The molecule has 2 amide bonds. The summed E-state index contributed by atoms with van der Waals surface area (Å²) in [6.07, 6.45) is -91.6. The normalized spacial score (nSPS) is 53.6. The van der Waals surface area contributed by atoms with Crippen molar-refractivity contribution in [2.75, 3.05) is 26.4 Å². The lowest BCUT2D eigenvalue weighted by molar-refractivity contribution is -0.405. The van der Waals surface area contributed by atoms with Crippen molar-refractivity contribution in [2.24, 2.45) is 0 Å². The van der Waals surface area contributed by atoms with Gasteiger partial charge < -0.3 is 223 Å². The minimum atomic E-state index is -2.34. The molecule has 26 N–H and O–H groups in total. The topological polar surface area (TPSA) is 719 Å². The second-order valence-electron chi connectivity index (χ2n) is 29.4. The molecule has 0 aromatic rings. The molecule has 0 aromatic heterocycles. The highest BCUT2D eigenvalue weighted by atomic mass is 16.8. The van der Waals surface area contributed by atoms with Gasteiger partial charge in [-0.15, -0.1) is 0 Å². The third kappa shape index (κ3) is 19.1. The van der Waals surface area contributed by atoms with Crippen molar-refractivity contribution >= 4 is 11.8 Å². The molecule has 0 bridgehead atoms. The number of amides is 2. The van der Waals surface area contributed by atoms with Gasteiger partial charge in [0.2, 0.25) is 11.8 Å². The third-order valence-corrected chi connectivity index (χ3v) is 21.5. The maximum Gasteiger partial charge on any atom is 0.217 e. The quantitative estimate of drug-likeness (QED) is 0.0427. The molecule has 0 aromatic carbocycles. The van der Waals surface area contributed by atoms with Gasteiger partial charge in [-0.3, -0.25) is 9.59 Å². The van der Waals surface area contributed by atoms with Gasteiger partial charge >= 0.3 is 0 Å². The summed E-state index contributed by atoms with van der Waals surface area (Å²) in [4.78, 5) is 26.4. The van der Waals surface area contributed by atoms with Gasteiger partial charge in [-0.05, 0) is 41.5 Å². The average Bonchev–Trinajstić information content (AvgIpc) is 0.765. The molecule has 10 fully saturated rings. The largest absolute Gasteiger partial charge is 0.394 e. The van der Waals surface area contributed by atoms with E-state index in [1.54, 1.807) is 0 Å². The Morgan fingerprint density at radius 1 is 0.234 bits per heavy atom. The Hall–Kier alpha value is -2.78. The number of rotatable bonds is 24. The number of hydrogen-bond acceptors (Lipinski definition) is 45. The molecule has 0 saturated carbocycles. The highest BCUT2D eigenvalue weighted by molar-refractivity contribution is 5.73. The lowest BCUT2D eigenvalue weighted by Crippen LogP contribution is -2.70. The van der Waals surface area contributed by atoms with E-state index >= 15 is 0 Å². The monoisotopic (exact) mass is 1620 g/mol. The zero-order chi connectivity index (χ0) is 81.7. The van der Waals surface area contributed by atoms with Crippen LogP contribution < -0.4 is 10.6 Å². The fourth-order valence-electron chi connectivity index (χ4n) is 14.8. The molecule has 10 rings (SSSR count). The fraction of sp³-hybridized carbons (Fsp3) is 0.969. The van der Waals surface area contributed by atoms with E-state index < -0.39 is 345 Å². The van der Waals surface area contributed by atoms with E-state index in [1.165, 1.54) is 41.5 Å². The smallest absolute Gasteiger partial charge is 0.217 e. The van der Waals surface area contributed by atoms with E-state index in [2.05, 4.69) is 10.6 Å². The van der Waals surface area contributed by atoms with Crippen LogP contribution in [0.5, 0.6) is 0 Å². The molecule has 10 aliphatic rings. The predicted octanol–water partition coefficient (Wildman–Crippen LogP) is -16.4. The minimum absolute atomic E-state index is 0.903. The van der Waals surface area contributed by atoms with Crippen LogP contribution in [0.2, 0.25) is 0 Å². The molecule has 47 nitrogen and oxygen atoms in total. The molecule has 0 radical (unpaired) electrons. The number of aliphatic hydroxyl groups excluding tert-OH is 24. The predicted molar refractivity (Wildman–Crippen MR) is 344 cm³/mol. The Bertz CT molecular complexity index is 2940. The fourth-order valence-corrected chi connectivity index (χ4v) is 14.8. The van der Waals surface area contributed by atoms with Gasteiger partial charge in [-0.25, -0.2) is 0 Å². The highest BCUT2D eigenvalue weighted by Gasteiger charge is 2.62. The summed E-state index contributed by atoms with van der Waals surface area (Å²) in [6.45, 7) is 5.35. The Labute approximate surface area is 631 Å². The summed E-state index contributed by atoms with van der Waals surface area (Å²) in [7, 11) is 0. The van der Waals surface area contributed by atoms with Crippen LogP contribution >= 0.6 is 0 Å².